The van der Waals surface area contributed by atoms with Crippen LogP contribution in [0.5, 0.6) is 0 Å². The van der Waals surface area contributed by atoms with Crippen LogP contribution in [-0.2, 0) is 7.05 Å². The Balaban J connectivity index is 1.57. The molecule has 1 aliphatic carbocycles. The van der Waals surface area contributed by atoms with Crippen molar-refractivity contribution >= 4 is 0 Å². The van der Waals surface area contributed by atoms with Gasteiger partial charge < -0.3 is 5.32 Å². The van der Waals surface area contributed by atoms with Crippen molar-refractivity contribution in [2.45, 2.75) is 32.2 Å². The monoisotopic (exact) mass is 270 g/mol. The summed E-state index contributed by atoms with van der Waals surface area (Å²) in [5, 5.41) is 7.93. The van der Waals surface area contributed by atoms with E-state index in [1.54, 1.807) is 11.0 Å². The van der Waals surface area contributed by atoms with Crippen molar-refractivity contribution in [3.05, 3.63) is 48.0 Å². The molecule has 1 N–H and O–H groups in total. The van der Waals surface area contributed by atoms with Gasteiger partial charge in [-0.2, -0.15) is 5.10 Å². The lowest BCUT2D eigenvalue weighted by Gasteiger charge is -2.16. The maximum absolute atomic E-state index is 4.35. The Morgan fingerprint density at radius 1 is 1.40 bits per heavy atom. The molecule has 1 saturated carbocycles. The normalized spacial score (nSPS) is 26.4. The van der Waals surface area contributed by atoms with E-state index in [1.165, 1.54) is 12.0 Å². The number of aromatic nitrogens is 3. The molecule has 3 atom stereocenters. The molecule has 3 rings (SSSR count). The number of nitrogens with one attached hydrogen (secondary N) is 1. The molecule has 0 saturated heterocycles. The molecule has 1 fully saturated rings. The van der Waals surface area contributed by atoms with Gasteiger partial charge in [0.2, 0.25) is 0 Å². The fourth-order valence-corrected chi connectivity index (χ4v) is 2.84. The van der Waals surface area contributed by atoms with Crippen molar-refractivity contribution in [3.8, 4) is 0 Å². The molecule has 106 valence electrons. The van der Waals surface area contributed by atoms with Gasteiger partial charge in [-0.1, -0.05) is 37.3 Å². The summed E-state index contributed by atoms with van der Waals surface area (Å²) in [4.78, 5) is 4.30. The van der Waals surface area contributed by atoms with Crippen LogP contribution in [0, 0.1) is 5.41 Å². The molecule has 0 amide bonds. The molecule has 0 aliphatic heterocycles. The lowest BCUT2D eigenvalue weighted by molar-refractivity contribution is 0.435. The quantitative estimate of drug-likeness (QED) is 0.908. The Kier molecular flexibility index (Phi) is 3.34. The van der Waals surface area contributed by atoms with E-state index in [1.807, 2.05) is 7.05 Å². The SMILES string of the molecule is C[C@@H](NC[C@@]1(C)C[C@@H]1c1ccccc1)c1ncn(C)n1. The number of rotatable bonds is 5. The maximum atomic E-state index is 4.35. The van der Waals surface area contributed by atoms with Crippen LogP contribution >= 0.6 is 0 Å². The van der Waals surface area contributed by atoms with Crippen LogP contribution in [0.3, 0.4) is 0 Å². The first kappa shape index (κ1) is 13.3. The van der Waals surface area contributed by atoms with E-state index in [2.05, 4.69) is 59.6 Å². The summed E-state index contributed by atoms with van der Waals surface area (Å²) in [7, 11) is 1.90. The molecule has 0 radical (unpaired) electrons. The Morgan fingerprint density at radius 3 is 2.80 bits per heavy atom. The summed E-state index contributed by atoms with van der Waals surface area (Å²) >= 11 is 0. The number of hydrogen-bond acceptors (Lipinski definition) is 3. The van der Waals surface area contributed by atoms with Crippen molar-refractivity contribution in [1.82, 2.24) is 20.1 Å². The summed E-state index contributed by atoms with van der Waals surface area (Å²) in [5.74, 6) is 1.55. The van der Waals surface area contributed by atoms with Crippen LogP contribution in [0.1, 0.15) is 43.6 Å². The molecule has 2 aromatic rings. The largest absolute Gasteiger partial charge is 0.307 e. The van der Waals surface area contributed by atoms with Gasteiger partial charge in [-0.25, -0.2) is 4.98 Å². The second-order valence-corrected chi connectivity index (χ2v) is 6.20. The third-order valence-electron chi connectivity index (χ3n) is 4.37. The highest BCUT2D eigenvalue weighted by Gasteiger charge is 2.50. The fourth-order valence-electron chi connectivity index (χ4n) is 2.84. The summed E-state index contributed by atoms with van der Waals surface area (Å²) in [5.41, 5.74) is 1.82. The molecule has 1 aromatic carbocycles. The zero-order valence-electron chi connectivity index (χ0n) is 12.4. The highest BCUT2D eigenvalue weighted by atomic mass is 15.3. The molecule has 1 heterocycles. The molecule has 0 unspecified atom stereocenters. The predicted octanol–water partition coefficient (Wildman–Crippen LogP) is 2.66. The summed E-state index contributed by atoms with van der Waals surface area (Å²) in [6.45, 7) is 5.49. The number of hydrogen-bond donors (Lipinski definition) is 1. The highest BCUT2D eigenvalue weighted by Crippen LogP contribution is 2.58. The van der Waals surface area contributed by atoms with Crippen LogP contribution in [0.4, 0.5) is 0 Å². The van der Waals surface area contributed by atoms with Crippen LogP contribution in [0.2, 0.25) is 0 Å². The van der Waals surface area contributed by atoms with Crippen molar-refractivity contribution in [1.29, 1.82) is 0 Å². The van der Waals surface area contributed by atoms with Crippen LogP contribution in [0.15, 0.2) is 36.7 Å². The second-order valence-electron chi connectivity index (χ2n) is 6.20. The van der Waals surface area contributed by atoms with E-state index in [0.29, 0.717) is 11.3 Å². The van der Waals surface area contributed by atoms with Crippen LogP contribution < -0.4 is 5.32 Å². The van der Waals surface area contributed by atoms with Crippen LogP contribution in [0.25, 0.3) is 0 Å². The van der Waals surface area contributed by atoms with Gasteiger partial charge in [-0.3, -0.25) is 4.68 Å². The third kappa shape index (κ3) is 2.61. The first-order valence-electron chi connectivity index (χ1n) is 7.22. The fraction of sp³-hybridized carbons (Fsp3) is 0.500. The molecule has 0 bridgehead atoms. The van der Waals surface area contributed by atoms with Gasteiger partial charge in [0.1, 0.15) is 6.33 Å². The Bertz CT molecular complexity index is 577. The summed E-state index contributed by atoms with van der Waals surface area (Å²) < 4.78 is 1.75. The summed E-state index contributed by atoms with van der Waals surface area (Å²) in [6, 6.07) is 11.0. The molecule has 1 aromatic heterocycles. The smallest absolute Gasteiger partial charge is 0.167 e. The molecule has 20 heavy (non-hydrogen) atoms. The Morgan fingerprint density at radius 2 is 2.15 bits per heavy atom. The average Bonchev–Trinajstić information content (AvgIpc) is 2.94. The standard InChI is InChI=1S/C16H22N4/c1-12(15-18-11-20(3)19-15)17-10-16(2)9-14(16)13-7-5-4-6-8-13/h4-8,11-12,14,17H,9-10H2,1-3H3/t12-,14-,16-/m1/s1. The van der Waals surface area contributed by atoms with Gasteiger partial charge in [0.15, 0.2) is 5.82 Å². The van der Waals surface area contributed by atoms with E-state index in [-0.39, 0.29) is 6.04 Å². The van der Waals surface area contributed by atoms with Crippen molar-refractivity contribution in [2.75, 3.05) is 6.54 Å². The highest BCUT2D eigenvalue weighted by molar-refractivity contribution is 5.29. The maximum Gasteiger partial charge on any atom is 0.167 e. The second kappa shape index (κ2) is 5.02. The minimum atomic E-state index is 0.199. The van der Waals surface area contributed by atoms with Gasteiger partial charge in [-0.15, -0.1) is 0 Å². The molecule has 1 aliphatic rings. The number of aryl methyl sites for hydroxylation is 1. The van der Waals surface area contributed by atoms with Gasteiger partial charge >= 0.3 is 0 Å². The number of nitrogens with zero attached hydrogens (tertiary/aromatic N) is 3. The summed E-state index contributed by atoms with van der Waals surface area (Å²) in [6.07, 6.45) is 3.01. The Labute approximate surface area is 120 Å². The molecule has 4 heteroatoms. The van der Waals surface area contributed by atoms with E-state index in [9.17, 15) is 0 Å². The first-order valence-corrected chi connectivity index (χ1v) is 7.22. The van der Waals surface area contributed by atoms with Crippen molar-refractivity contribution in [3.63, 3.8) is 0 Å². The molecule has 4 nitrogen and oxygen atoms in total. The van der Waals surface area contributed by atoms with E-state index in [4.69, 9.17) is 0 Å². The lowest BCUT2D eigenvalue weighted by Crippen LogP contribution is -2.27. The third-order valence-corrected chi connectivity index (χ3v) is 4.37. The minimum absolute atomic E-state index is 0.199. The zero-order chi connectivity index (χ0) is 14.2. The van der Waals surface area contributed by atoms with Gasteiger partial charge in [0, 0.05) is 13.6 Å². The molecular weight excluding hydrogens is 248 g/mol. The van der Waals surface area contributed by atoms with Gasteiger partial charge in [0.05, 0.1) is 6.04 Å². The van der Waals surface area contributed by atoms with Crippen LogP contribution in [-0.4, -0.2) is 21.3 Å². The zero-order valence-corrected chi connectivity index (χ0v) is 12.4. The van der Waals surface area contributed by atoms with E-state index in [0.717, 1.165) is 12.4 Å². The average molecular weight is 270 g/mol. The van der Waals surface area contributed by atoms with Gasteiger partial charge in [0.25, 0.3) is 0 Å². The van der Waals surface area contributed by atoms with Crippen molar-refractivity contribution < 1.29 is 0 Å². The Hall–Kier alpha value is -1.68. The number of benzene rings is 1. The van der Waals surface area contributed by atoms with E-state index >= 15 is 0 Å². The topological polar surface area (TPSA) is 42.7 Å². The predicted molar refractivity (Wildman–Crippen MR) is 79.3 cm³/mol. The van der Waals surface area contributed by atoms with Gasteiger partial charge in [-0.05, 0) is 30.2 Å². The van der Waals surface area contributed by atoms with Crippen molar-refractivity contribution in [2.24, 2.45) is 12.5 Å². The lowest BCUT2D eigenvalue weighted by atomic mass is 10.0. The van der Waals surface area contributed by atoms with E-state index < -0.39 is 0 Å². The molecule has 0 spiro atoms. The molecular formula is C16H22N4. The minimum Gasteiger partial charge on any atom is -0.307 e. The first-order chi connectivity index (χ1) is 9.58.